The zero-order valence-electron chi connectivity index (χ0n) is 13.9. The maximum absolute atomic E-state index is 13.4. The second kappa shape index (κ2) is 9.94. The summed E-state index contributed by atoms with van der Waals surface area (Å²) in [4.78, 5) is 23.3. The molecule has 5 nitrogen and oxygen atoms in total. The largest absolute Gasteiger partial charge is 0.381 e. The summed E-state index contributed by atoms with van der Waals surface area (Å²) in [6.45, 7) is 7.36. The predicted molar refractivity (Wildman–Crippen MR) is 86.8 cm³/mol. The van der Waals surface area contributed by atoms with Crippen LogP contribution in [0, 0.1) is 18.7 Å². The van der Waals surface area contributed by atoms with Crippen molar-refractivity contribution in [3.8, 4) is 0 Å². The monoisotopic (exact) mass is 324 g/mol. The number of ether oxygens (including phenoxy) is 1. The second-order valence-electron chi connectivity index (χ2n) is 5.79. The van der Waals surface area contributed by atoms with Gasteiger partial charge in [-0.25, -0.2) is 4.39 Å². The summed E-state index contributed by atoms with van der Waals surface area (Å²) in [6.07, 6.45) is 0.295. The van der Waals surface area contributed by atoms with Gasteiger partial charge in [-0.05, 0) is 30.5 Å². The van der Waals surface area contributed by atoms with E-state index in [1.165, 1.54) is 6.07 Å². The van der Waals surface area contributed by atoms with Crippen LogP contribution < -0.4 is 10.6 Å². The summed E-state index contributed by atoms with van der Waals surface area (Å²) in [6, 6.07) is 4.33. The Kier molecular flexibility index (Phi) is 8.26. The molecular formula is C17H25FN2O3. The van der Waals surface area contributed by atoms with E-state index in [9.17, 15) is 14.0 Å². The number of amides is 2. The Hall–Kier alpha value is -1.95. The first-order chi connectivity index (χ1) is 10.9. The molecule has 0 saturated carbocycles. The molecule has 0 spiro atoms. The molecule has 1 aromatic rings. The van der Waals surface area contributed by atoms with Gasteiger partial charge in [-0.3, -0.25) is 9.59 Å². The van der Waals surface area contributed by atoms with E-state index in [1.807, 2.05) is 13.8 Å². The third-order valence-corrected chi connectivity index (χ3v) is 3.09. The topological polar surface area (TPSA) is 67.4 Å². The van der Waals surface area contributed by atoms with Crippen LogP contribution >= 0.6 is 0 Å². The minimum atomic E-state index is -0.410. The van der Waals surface area contributed by atoms with Gasteiger partial charge in [0, 0.05) is 31.7 Å². The molecule has 1 rings (SSSR count). The molecule has 0 radical (unpaired) electrons. The van der Waals surface area contributed by atoms with Gasteiger partial charge in [-0.2, -0.15) is 0 Å². The number of rotatable bonds is 9. The molecule has 0 fully saturated rings. The van der Waals surface area contributed by atoms with Crippen LogP contribution in [0.3, 0.4) is 0 Å². The van der Waals surface area contributed by atoms with Gasteiger partial charge in [0.05, 0.1) is 6.61 Å². The maximum Gasteiger partial charge on any atom is 0.251 e. The van der Waals surface area contributed by atoms with Crippen molar-refractivity contribution in [1.82, 2.24) is 10.6 Å². The summed E-state index contributed by atoms with van der Waals surface area (Å²) in [7, 11) is 0. The number of carbonyl (C=O) groups is 2. The molecule has 6 heteroatoms. The number of nitrogens with one attached hydrogen (secondary N) is 2. The molecule has 0 heterocycles. The summed E-state index contributed by atoms with van der Waals surface area (Å²) < 4.78 is 18.7. The molecule has 23 heavy (non-hydrogen) atoms. The second-order valence-corrected chi connectivity index (χ2v) is 5.79. The summed E-state index contributed by atoms with van der Waals surface area (Å²) in [5.41, 5.74) is 0.759. The fraction of sp³-hybridized carbons (Fsp3) is 0.529. The lowest BCUT2D eigenvalue weighted by Gasteiger charge is -2.09. The van der Waals surface area contributed by atoms with Crippen molar-refractivity contribution < 1.29 is 18.7 Å². The number of aryl methyl sites for hydroxylation is 1. The molecule has 0 aliphatic rings. The minimum Gasteiger partial charge on any atom is -0.381 e. The van der Waals surface area contributed by atoms with Gasteiger partial charge < -0.3 is 15.4 Å². The van der Waals surface area contributed by atoms with Gasteiger partial charge >= 0.3 is 0 Å². The molecule has 0 atom stereocenters. The highest BCUT2D eigenvalue weighted by atomic mass is 19.1. The van der Waals surface area contributed by atoms with Crippen molar-refractivity contribution in [3.05, 3.63) is 35.1 Å². The van der Waals surface area contributed by atoms with Crippen LogP contribution in [0.4, 0.5) is 4.39 Å². The SMILES string of the molecule is Cc1ccc(C(=O)NCCNC(=O)CCOCC(C)C)cc1F. The van der Waals surface area contributed by atoms with Crippen molar-refractivity contribution in [2.75, 3.05) is 26.3 Å². The van der Waals surface area contributed by atoms with Crippen molar-refractivity contribution >= 4 is 11.8 Å². The molecule has 128 valence electrons. The first-order valence-electron chi connectivity index (χ1n) is 7.79. The molecule has 0 aliphatic carbocycles. The van der Waals surface area contributed by atoms with Crippen LogP contribution in [0.2, 0.25) is 0 Å². The molecular weight excluding hydrogens is 299 g/mol. The molecule has 0 aromatic heterocycles. The molecule has 0 bridgehead atoms. The number of benzene rings is 1. The smallest absolute Gasteiger partial charge is 0.251 e. The maximum atomic E-state index is 13.4. The van der Waals surface area contributed by atoms with Crippen LogP contribution in [-0.4, -0.2) is 38.1 Å². The third-order valence-electron chi connectivity index (χ3n) is 3.09. The molecule has 0 saturated heterocycles. The Morgan fingerprint density at radius 3 is 2.57 bits per heavy atom. The summed E-state index contributed by atoms with van der Waals surface area (Å²) in [5, 5.41) is 5.32. The van der Waals surface area contributed by atoms with Crippen LogP contribution in [0.1, 0.15) is 36.2 Å². The summed E-state index contributed by atoms with van der Waals surface area (Å²) >= 11 is 0. The van der Waals surface area contributed by atoms with Crippen LogP contribution in [0.5, 0.6) is 0 Å². The van der Waals surface area contributed by atoms with E-state index in [0.29, 0.717) is 37.7 Å². The van der Waals surface area contributed by atoms with Gasteiger partial charge in [0.1, 0.15) is 5.82 Å². The van der Waals surface area contributed by atoms with Crippen molar-refractivity contribution in [2.45, 2.75) is 27.2 Å². The first-order valence-corrected chi connectivity index (χ1v) is 7.79. The molecule has 0 unspecified atom stereocenters. The summed E-state index contributed by atoms with van der Waals surface area (Å²) in [5.74, 6) is -0.449. The van der Waals surface area contributed by atoms with E-state index in [0.717, 1.165) is 0 Å². The average molecular weight is 324 g/mol. The Morgan fingerprint density at radius 1 is 1.22 bits per heavy atom. The van der Waals surface area contributed by atoms with Gasteiger partial charge in [0.15, 0.2) is 0 Å². The number of hydrogen-bond acceptors (Lipinski definition) is 3. The first kappa shape index (κ1) is 19.1. The van der Waals surface area contributed by atoms with E-state index in [2.05, 4.69) is 10.6 Å². The highest BCUT2D eigenvalue weighted by molar-refractivity contribution is 5.94. The lowest BCUT2D eigenvalue weighted by molar-refractivity contribution is -0.122. The van der Waals surface area contributed by atoms with Crippen LogP contribution in [-0.2, 0) is 9.53 Å². The Labute approximate surface area is 136 Å². The zero-order valence-corrected chi connectivity index (χ0v) is 13.9. The van der Waals surface area contributed by atoms with Gasteiger partial charge in [-0.1, -0.05) is 19.9 Å². The van der Waals surface area contributed by atoms with E-state index in [1.54, 1.807) is 19.1 Å². The molecule has 2 N–H and O–H groups in total. The average Bonchev–Trinajstić information content (AvgIpc) is 2.50. The van der Waals surface area contributed by atoms with Crippen molar-refractivity contribution in [3.63, 3.8) is 0 Å². The van der Waals surface area contributed by atoms with E-state index in [-0.39, 0.29) is 23.9 Å². The van der Waals surface area contributed by atoms with E-state index < -0.39 is 5.82 Å². The highest BCUT2D eigenvalue weighted by Gasteiger charge is 2.08. The highest BCUT2D eigenvalue weighted by Crippen LogP contribution is 2.08. The van der Waals surface area contributed by atoms with Crippen molar-refractivity contribution in [1.29, 1.82) is 0 Å². The Balaban J connectivity index is 2.17. The molecule has 1 aromatic carbocycles. The Bertz CT molecular complexity index is 533. The number of halogens is 1. The normalized spacial score (nSPS) is 10.7. The molecule has 0 aliphatic heterocycles. The fourth-order valence-corrected chi connectivity index (χ4v) is 1.79. The van der Waals surface area contributed by atoms with Gasteiger partial charge in [0.2, 0.25) is 5.91 Å². The van der Waals surface area contributed by atoms with Crippen molar-refractivity contribution in [2.24, 2.45) is 5.92 Å². The third kappa shape index (κ3) is 7.74. The minimum absolute atomic E-state index is 0.121. The van der Waals surface area contributed by atoms with Gasteiger partial charge in [-0.15, -0.1) is 0 Å². The number of carbonyl (C=O) groups excluding carboxylic acids is 2. The van der Waals surface area contributed by atoms with Crippen LogP contribution in [0.25, 0.3) is 0 Å². The lowest BCUT2D eigenvalue weighted by Crippen LogP contribution is -2.35. The predicted octanol–water partition coefficient (Wildman–Crippen LogP) is 2.04. The molecule has 2 amide bonds. The van der Waals surface area contributed by atoms with E-state index >= 15 is 0 Å². The quantitative estimate of drug-likeness (QED) is 0.683. The lowest BCUT2D eigenvalue weighted by atomic mass is 10.1. The fourth-order valence-electron chi connectivity index (χ4n) is 1.79. The Morgan fingerprint density at radius 2 is 1.91 bits per heavy atom. The zero-order chi connectivity index (χ0) is 17.2. The standard InChI is InChI=1S/C17H25FN2O3/c1-12(2)11-23-9-6-16(21)19-7-8-20-17(22)14-5-4-13(3)15(18)10-14/h4-5,10,12H,6-9,11H2,1-3H3,(H,19,21)(H,20,22). The van der Waals surface area contributed by atoms with Crippen LogP contribution in [0.15, 0.2) is 18.2 Å². The number of hydrogen-bond donors (Lipinski definition) is 2. The van der Waals surface area contributed by atoms with Gasteiger partial charge in [0.25, 0.3) is 5.91 Å². The van der Waals surface area contributed by atoms with E-state index in [4.69, 9.17) is 4.74 Å².